The van der Waals surface area contributed by atoms with E-state index in [1.165, 1.54) is 28.4 Å². The molecule has 4 atom stereocenters. The van der Waals surface area contributed by atoms with E-state index in [1.807, 2.05) is 0 Å². The lowest BCUT2D eigenvalue weighted by molar-refractivity contribution is -0.248. The maximum atomic E-state index is 11.4. The summed E-state index contributed by atoms with van der Waals surface area (Å²) >= 11 is 0. The van der Waals surface area contributed by atoms with Crippen molar-refractivity contribution < 1.29 is 56.9 Å². The monoisotopic (exact) mass is 602 g/mol. The van der Waals surface area contributed by atoms with Crippen molar-refractivity contribution in [3.05, 3.63) is 0 Å². The predicted molar refractivity (Wildman–Crippen MR) is 148 cm³/mol. The first-order valence-electron chi connectivity index (χ1n) is 13.1. The van der Waals surface area contributed by atoms with E-state index < -0.39 is 9.76 Å². The van der Waals surface area contributed by atoms with Crippen LogP contribution in [0.25, 0.3) is 0 Å². The molecule has 0 spiro atoms. The van der Waals surface area contributed by atoms with Gasteiger partial charge in [-0.2, -0.15) is 0 Å². The van der Waals surface area contributed by atoms with Crippen LogP contribution in [-0.2, 0) is 47.3 Å². The SMILES string of the molecule is COOC.COOC.CO[SiH2]CCCNC(=O)OCC1CCC2OC2C1.CO[SiH2]CCNC(=O)OCC1CO1. The largest absolute Gasteiger partial charge is 0.449 e. The van der Waals surface area contributed by atoms with Crippen LogP contribution in [-0.4, -0.2) is 126 Å². The van der Waals surface area contributed by atoms with Gasteiger partial charge in [-0.1, -0.05) is 0 Å². The smallest absolute Gasteiger partial charge is 0.407 e. The standard InChI is InChI=1S/C12H23NO4Si.C7H15NO4Si.2C2H6O2/c1-15-18-6-2-5-13-12(14)16-8-9-3-4-10-11(7-9)17-10;1-10-13-3-2-8-7(9)12-5-6-4-11-6;2*1-3-4-2/h9-11H,2-8,18H2,1H3,(H,13,14);6H,2-5,13H2,1H3,(H,8,9);2*1-2H3. The highest BCUT2D eigenvalue weighted by Gasteiger charge is 2.44. The van der Waals surface area contributed by atoms with Crippen LogP contribution >= 0.6 is 0 Å². The van der Waals surface area contributed by atoms with E-state index in [4.69, 9.17) is 27.8 Å². The lowest BCUT2D eigenvalue weighted by Gasteiger charge is -2.18. The zero-order valence-corrected chi connectivity index (χ0v) is 27.2. The molecule has 2 amide bonds. The van der Waals surface area contributed by atoms with Crippen LogP contribution in [0, 0.1) is 5.92 Å². The Bertz CT molecular complexity index is 585. The Labute approximate surface area is 237 Å². The van der Waals surface area contributed by atoms with E-state index in [0.717, 1.165) is 37.8 Å². The normalized spacial score (nSPS) is 22.3. The molecule has 2 heterocycles. The number of nitrogens with one attached hydrogen (secondary N) is 2. The quantitative estimate of drug-likeness (QED) is 0.0879. The van der Waals surface area contributed by atoms with E-state index in [9.17, 15) is 9.59 Å². The number of epoxide rings is 2. The highest BCUT2D eigenvalue weighted by Crippen LogP contribution is 2.39. The van der Waals surface area contributed by atoms with Crippen LogP contribution in [0.5, 0.6) is 0 Å². The summed E-state index contributed by atoms with van der Waals surface area (Å²) in [6, 6.07) is 2.03. The molecule has 0 aromatic heterocycles. The molecular weight excluding hydrogens is 552 g/mol. The van der Waals surface area contributed by atoms with Gasteiger partial charge in [0.1, 0.15) is 12.7 Å². The number of carbonyl (C=O) groups is 2. The molecule has 39 heavy (non-hydrogen) atoms. The Hall–Kier alpha value is -1.35. The van der Waals surface area contributed by atoms with Gasteiger partial charge in [-0.05, 0) is 43.7 Å². The first-order valence-corrected chi connectivity index (χ1v) is 16.3. The number of ether oxygens (including phenoxy) is 4. The Kier molecular flexibility index (Phi) is 25.9. The van der Waals surface area contributed by atoms with Crippen LogP contribution in [0.15, 0.2) is 0 Å². The van der Waals surface area contributed by atoms with E-state index in [2.05, 4.69) is 30.2 Å². The Balaban J connectivity index is 0.000000599. The van der Waals surface area contributed by atoms with Crippen molar-refractivity contribution in [1.82, 2.24) is 10.6 Å². The number of rotatable bonds is 15. The van der Waals surface area contributed by atoms with Gasteiger partial charge in [0.25, 0.3) is 0 Å². The number of amides is 2. The van der Waals surface area contributed by atoms with Crippen molar-refractivity contribution in [2.45, 2.75) is 56.1 Å². The first kappa shape index (κ1) is 37.7. The molecule has 2 N–H and O–H groups in total. The van der Waals surface area contributed by atoms with Gasteiger partial charge in [0.05, 0.1) is 53.9 Å². The molecule has 16 heteroatoms. The minimum atomic E-state index is -0.433. The average molecular weight is 603 g/mol. The molecule has 0 aromatic rings. The minimum absolute atomic E-state index is 0.138. The van der Waals surface area contributed by atoms with E-state index >= 15 is 0 Å². The topological polar surface area (TPSA) is 157 Å². The predicted octanol–water partition coefficient (Wildman–Crippen LogP) is 0.467. The van der Waals surface area contributed by atoms with Crippen molar-refractivity contribution in [2.75, 3.05) is 75.6 Å². The fourth-order valence-electron chi connectivity index (χ4n) is 3.24. The number of hydrogen-bond acceptors (Lipinski definition) is 12. The van der Waals surface area contributed by atoms with Gasteiger partial charge < -0.3 is 38.4 Å². The third kappa shape index (κ3) is 25.4. The van der Waals surface area contributed by atoms with Crippen LogP contribution < -0.4 is 10.6 Å². The van der Waals surface area contributed by atoms with Gasteiger partial charge in [-0.15, -0.1) is 0 Å². The summed E-state index contributed by atoms with van der Waals surface area (Å²) in [4.78, 5) is 38.5. The molecule has 2 aliphatic heterocycles. The summed E-state index contributed by atoms with van der Waals surface area (Å²) in [6.45, 7) is 2.95. The summed E-state index contributed by atoms with van der Waals surface area (Å²) in [5.41, 5.74) is 0. The summed E-state index contributed by atoms with van der Waals surface area (Å²) in [6.07, 6.45) is 4.74. The summed E-state index contributed by atoms with van der Waals surface area (Å²) in [7, 11) is 8.47. The number of carbonyl (C=O) groups excluding carboxylic acids is 2. The average Bonchev–Trinajstić information content (AvgIpc) is 3.89. The third-order valence-electron chi connectivity index (χ3n) is 5.54. The maximum Gasteiger partial charge on any atom is 0.407 e. The molecule has 0 aromatic carbocycles. The molecule has 3 rings (SSSR count). The maximum absolute atomic E-state index is 11.4. The van der Waals surface area contributed by atoms with Crippen LogP contribution in [0.3, 0.4) is 0 Å². The fourth-order valence-corrected chi connectivity index (χ4v) is 4.59. The lowest BCUT2D eigenvalue weighted by Crippen LogP contribution is -2.28. The van der Waals surface area contributed by atoms with Crippen molar-refractivity contribution in [3.8, 4) is 0 Å². The van der Waals surface area contributed by atoms with Gasteiger partial charge in [0.2, 0.25) is 0 Å². The summed E-state index contributed by atoms with van der Waals surface area (Å²) < 4.78 is 30.4. The number of alkyl carbamates (subject to hydrolysis) is 2. The molecule has 1 saturated carbocycles. The van der Waals surface area contributed by atoms with Crippen LogP contribution in [0.4, 0.5) is 9.59 Å². The molecule has 4 unspecified atom stereocenters. The molecule has 232 valence electrons. The summed E-state index contributed by atoms with van der Waals surface area (Å²) in [5, 5.41) is 5.42. The Morgan fingerprint density at radius 1 is 0.769 bits per heavy atom. The van der Waals surface area contributed by atoms with Crippen LogP contribution in [0.1, 0.15) is 25.7 Å². The van der Waals surface area contributed by atoms with Gasteiger partial charge in [-0.3, -0.25) is 0 Å². The highest BCUT2D eigenvalue weighted by atomic mass is 28.2. The molecule has 3 aliphatic rings. The minimum Gasteiger partial charge on any atom is -0.449 e. The van der Waals surface area contributed by atoms with Crippen molar-refractivity contribution in [2.24, 2.45) is 5.92 Å². The van der Waals surface area contributed by atoms with Crippen molar-refractivity contribution in [3.63, 3.8) is 0 Å². The molecule has 0 radical (unpaired) electrons. The second-order valence-corrected chi connectivity index (χ2v) is 12.0. The van der Waals surface area contributed by atoms with Crippen molar-refractivity contribution in [1.29, 1.82) is 0 Å². The lowest BCUT2D eigenvalue weighted by atomic mass is 9.90. The Morgan fingerprint density at radius 3 is 1.87 bits per heavy atom. The highest BCUT2D eigenvalue weighted by molar-refractivity contribution is 6.27. The van der Waals surface area contributed by atoms with E-state index in [1.54, 1.807) is 14.2 Å². The third-order valence-corrected chi connectivity index (χ3v) is 7.79. The second kappa shape index (κ2) is 26.9. The molecule has 3 fully saturated rings. The zero-order valence-electron chi connectivity index (χ0n) is 24.4. The first-order chi connectivity index (χ1) is 18.9. The number of fused-ring (bicyclic) bond motifs is 1. The van der Waals surface area contributed by atoms with E-state index in [-0.39, 0.29) is 28.1 Å². The summed E-state index contributed by atoms with van der Waals surface area (Å²) in [5.74, 6) is 0.486. The second-order valence-electron chi connectivity index (χ2n) is 8.61. The molecular formula is C23H50N2O12Si2. The van der Waals surface area contributed by atoms with Gasteiger partial charge in [0, 0.05) is 27.3 Å². The fraction of sp³-hybridized carbons (Fsp3) is 0.913. The van der Waals surface area contributed by atoms with Gasteiger partial charge in [0.15, 0.2) is 19.5 Å². The van der Waals surface area contributed by atoms with Gasteiger partial charge in [-0.25, -0.2) is 29.1 Å². The van der Waals surface area contributed by atoms with E-state index in [0.29, 0.717) is 51.0 Å². The zero-order chi connectivity index (χ0) is 29.1. The molecule has 1 aliphatic carbocycles. The molecule has 0 bridgehead atoms. The molecule has 2 saturated heterocycles. The molecule has 14 nitrogen and oxygen atoms in total. The van der Waals surface area contributed by atoms with Crippen molar-refractivity contribution >= 4 is 31.7 Å². The Morgan fingerprint density at radius 2 is 1.33 bits per heavy atom. The number of hydrogen-bond donors (Lipinski definition) is 2. The van der Waals surface area contributed by atoms with Gasteiger partial charge >= 0.3 is 12.2 Å². The van der Waals surface area contributed by atoms with Crippen LogP contribution in [0.2, 0.25) is 12.1 Å².